The van der Waals surface area contributed by atoms with Crippen LogP contribution in [0.3, 0.4) is 0 Å². The van der Waals surface area contributed by atoms with Gasteiger partial charge in [0.05, 0.1) is 11.0 Å². The molecule has 1 aromatic heterocycles. The molecule has 4 aromatic rings. The molecule has 2 N–H and O–H groups in total. The molecule has 1 heterocycles. The van der Waals surface area contributed by atoms with Gasteiger partial charge in [-0.1, -0.05) is 73.9 Å². The number of imidazole rings is 1. The standard InChI is InChI=1S/C27H29N3/c1-19-29-26-16-15-22(17-27(26)30-19)20-11-13-21(14-12-20)25-10-6-5-7-23(25)18-28-24-8-3-2-4-9-24/h5-7,10-17,24,28H,2-4,8-9,18H2,1H3,(H,29,30). The predicted molar refractivity (Wildman–Crippen MR) is 125 cm³/mol. The van der Waals surface area contributed by atoms with Crippen molar-refractivity contribution >= 4 is 11.0 Å². The fourth-order valence-electron chi connectivity index (χ4n) is 4.68. The molecule has 0 aliphatic heterocycles. The Labute approximate surface area is 178 Å². The Morgan fingerprint density at radius 3 is 2.43 bits per heavy atom. The number of nitrogens with zero attached hydrogens (tertiary/aromatic N) is 1. The molecule has 152 valence electrons. The molecule has 0 spiro atoms. The molecule has 30 heavy (non-hydrogen) atoms. The first kappa shape index (κ1) is 19.1. The van der Waals surface area contributed by atoms with Crippen LogP contribution in [0.2, 0.25) is 0 Å². The summed E-state index contributed by atoms with van der Waals surface area (Å²) in [5.41, 5.74) is 8.53. The van der Waals surface area contributed by atoms with Crippen LogP contribution in [-0.2, 0) is 6.54 Å². The Morgan fingerprint density at radius 2 is 1.60 bits per heavy atom. The van der Waals surface area contributed by atoms with Crippen molar-refractivity contribution in [1.29, 1.82) is 0 Å². The largest absolute Gasteiger partial charge is 0.342 e. The summed E-state index contributed by atoms with van der Waals surface area (Å²) in [6.07, 6.45) is 6.76. The minimum Gasteiger partial charge on any atom is -0.342 e. The zero-order chi connectivity index (χ0) is 20.3. The number of hydrogen-bond acceptors (Lipinski definition) is 2. The van der Waals surface area contributed by atoms with Crippen LogP contribution in [0.15, 0.2) is 66.7 Å². The van der Waals surface area contributed by atoms with E-state index in [2.05, 4.69) is 82.0 Å². The number of benzene rings is 3. The van der Waals surface area contributed by atoms with Crippen molar-refractivity contribution in [2.45, 2.75) is 51.6 Å². The highest BCUT2D eigenvalue weighted by molar-refractivity contribution is 5.82. The first-order chi connectivity index (χ1) is 14.8. The average Bonchev–Trinajstić information content (AvgIpc) is 3.18. The molecule has 0 saturated heterocycles. The molecule has 3 aromatic carbocycles. The van der Waals surface area contributed by atoms with Crippen LogP contribution in [-0.4, -0.2) is 16.0 Å². The number of aromatic nitrogens is 2. The molecule has 0 atom stereocenters. The molecule has 1 saturated carbocycles. The van der Waals surface area contributed by atoms with Gasteiger partial charge in [-0.15, -0.1) is 0 Å². The summed E-state index contributed by atoms with van der Waals surface area (Å²) in [5, 5.41) is 3.79. The lowest BCUT2D eigenvalue weighted by atomic mass is 9.94. The third-order valence-electron chi connectivity index (χ3n) is 6.33. The molecule has 1 fully saturated rings. The molecule has 3 heteroatoms. The van der Waals surface area contributed by atoms with E-state index in [4.69, 9.17) is 0 Å². The maximum atomic E-state index is 4.50. The molecule has 1 aliphatic rings. The lowest BCUT2D eigenvalue weighted by molar-refractivity contribution is 0.372. The number of aryl methyl sites for hydroxylation is 1. The van der Waals surface area contributed by atoms with Crippen LogP contribution < -0.4 is 5.32 Å². The van der Waals surface area contributed by atoms with Crippen molar-refractivity contribution in [3.05, 3.63) is 78.1 Å². The van der Waals surface area contributed by atoms with E-state index in [1.54, 1.807) is 0 Å². The minimum absolute atomic E-state index is 0.676. The zero-order valence-corrected chi connectivity index (χ0v) is 17.6. The van der Waals surface area contributed by atoms with Crippen LogP contribution >= 0.6 is 0 Å². The first-order valence-corrected chi connectivity index (χ1v) is 11.1. The Hall–Kier alpha value is -2.91. The van der Waals surface area contributed by atoms with Gasteiger partial charge in [0.25, 0.3) is 0 Å². The summed E-state index contributed by atoms with van der Waals surface area (Å²) in [6.45, 7) is 2.94. The SMILES string of the molecule is Cc1nc2ccc(-c3ccc(-c4ccccc4CNC4CCCCC4)cc3)cc2[nH]1. The molecule has 3 nitrogen and oxygen atoms in total. The van der Waals surface area contributed by atoms with Crippen LogP contribution in [0.25, 0.3) is 33.3 Å². The normalized spacial score (nSPS) is 15.0. The van der Waals surface area contributed by atoms with E-state index in [1.807, 2.05) is 6.92 Å². The Morgan fingerprint density at radius 1 is 0.867 bits per heavy atom. The second kappa shape index (κ2) is 8.45. The Balaban J connectivity index is 1.37. The number of hydrogen-bond donors (Lipinski definition) is 2. The topological polar surface area (TPSA) is 40.7 Å². The van der Waals surface area contributed by atoms with E-state index in [-0.39, 0.29) is 0 Å². The molecular weight excluding hydrogens is 366 g/mol. The van der Waals surface area contributed by atoms with Crippen molar-refractivity contribution in [1.82, 2.24) is 15.3 Å². The number of fused-ring (bicyclic) bond motifs is 1. The Kier molecular flexibility index (Phi) is 5.37. The number of aromatic amines is 1. The average molecular weight is 396 g/mol. The van der Waals surface area contributed by atoms with Gasteiger partial charge in [0.1, 0.15) is 5.82 Å². The first-order valence-electron chi connectivity index (χ1n) is 11.1. The summed E-state index contributed by atoms with van der Waals surface area (Å²) in [4.78, 5) is 7.84. The van der Waals surface area contributed by atoms with Gasteiger partial charge in [0.15, 0.2) is 0 Å². The van der Waals surface area contributed by atoms with Crippen LogP contribution in [0.1, 0.15) is 43.5 Å². The van der Waals surface area contributed by atoms with E-state index < -0.39 is 0 Å². The number of H-pyrrole nitrogens is 1. The summed E-state index contributed by atoms with van der Waals surface area (Å²) in [5.74, 6) is 0.955. The Bertz CT molecular complexity index is 1130. The quantitative estimate of drug-likeness (QED) is 0.398. The molecule has 0 radical (unpaired) electrons. The van der Waals surface area contributed by atoms with Gasteiger partial charge in [0, 0.05) is 12.6 Å². The summed E-state index contributed by atoms with van der Waals surface area (Å²) in [6, 6.07) is 24.8. The van der Waals surface area contributed by atoms with Crippen molar-refractivity contribution in [3.8, 4) is 22.3 Å². The fraction of sp³-hybridized carbons (Fsp3) is 0.296. The van der Waals surface area contributed by atoms with Crippen molar-refractivity contribution in [2.75, 3.05) is 0 Å². The minimum atomic E-state index is 0.676. The van der Waals surface area contributed by atoms with Crippen molar-refractivity contribution < 1.29 is 0 Å². The molecular formula is C27H29N3. The second-order valence-electron chi connectivity index (χ2n) is 8.50. The smallest absolute Gasteiger partial charge is 0.104 e. The van der Waals surface area contributed by atoms with Gasteiger partial charge in [-0.2, -0.15) is 0 Å². The summed E-state index contributed by atoms with van der Waals surface area (Å²) >= 11 is 0. The molecule has 0 bridgehead atoms. The van der Waals surface area contributed by atoms with E-state index >= 15 is 0 Å². The maximum absolute atomic E-state index is 4.50. The van der Waals surface area contributed by atoms with Crippen LogP contribution in [0, 0.1) is 6.92 Å². The van der Waals surface area contributed by atoms with Crippen molar-refractivity contribution in [3.63, 3.8) is 0 Å². The van der Waals surface area contributed by atoms with Crippen molar-refractivity contribution in [2.24, 2.45) is 0 Å². The number of nitrogens with one attached hydrogen (secondary N) is 2. The second-order valence-corrected chi connectivity index (χ2v) is 8.50. The van der Waals surface area contributed by atoms with Gasteiger partial charge in [-0.25, -0.2) is 4.98 Å². The molecule has 0 amide bonds. The van der Waals surface area contributed by atoms with E-state index in [0.29, 0.717) is 6.04 Å². The lowest BCUT2D eigenvalue weighted by Crippen LogP contribution is -2.30. The van der Waals surface area contributed by atoms with E-state index in [0.717, 1.165) is 23.4 Å². The molecule has 5 rings (SSSR count). The number of rotatable bonds is 5. The zero-order valence-electron chi connectivity index (χ0n) is 17.6. The maximum Gasteiger partial charge on any atom is 0.104 e. The van der Waals surface area contributed by atoms with E-state index in [1.165, 1.54) is 59.9 Å². The third-order valence-corrected chi connectivity index (χ3v) is 6.33. The van der Waals surface area contributed by atoms with E-state index in [9.17, 15) is 0 Å². The van der Waals surface area contributed by atoms with Crippen LogP contribution in [0.5, 0.6) is 0 Å². The van der Waals surface area contributed by atoms with Gasteiger partial charge in [0.2, 0.25) is 0 Å². The van der Waals surface area contributed by atoms with Gasteiger partial charge in [-0.3, -0.25) is 0 Å². The highest BCUT2D eigenvalue weighted by atomic mass is 14.9. The highest BCUT2D eigenvalue weighted by Gasteiger charge is 2.13. The molecule has 1 aliphatic carbocycles. The van der Waals surface area contributed by atoms with Crippen LogP contribution in [0.4, 0.5) is 0 Å². The fourth-order valence-corrected chi connectivity index (χ4v) is 4.68. The summed E-state index contributed by atoms with van der Waals surface area (Å²) < 4.78 is 0. The third kappa shape index (κ3) is 4.03. The van der Waals surface area contributed by atoms with Gasteiger partial charge >= 0.3 is 0 Å². The summed E-state index contributed by atoms with van der Waals surface area (Å²) in [7, 11) is 0. The monoisotopic (exact) mass is 395 g/mol. The highest BCUT2D eigenvalue weighted by Crippen LogP contribution is 2.29. The molecule has 0 unspecified atom stereocenters. The van der Waals surface area contributed by atoms with Gasteiger partial charge < -0.3 is 10.3 Å². The predicted octanol–water partition coefficient (Wildman–Crippen LogP) is 6.63. The van der Waals surface area contributed by atoms with Gasteiger partial charge in [-0.05, 0) is 59.7 Å². The lowest BCUT2D eigenvalue weighted by Gasteiger charge is -2.23.